The molecule has 8 heteroatoms. The Morgan fingerprint density at radius 2 is 1.84 bits per heavy atom. The second-order valence-corrected chi connectivity index (χ2v) is 9.78. The van der Waals surface area contributed by atoms with Crippen LogP contribution in [0.2, 0.25) is 5.02 Å². The number of halogens is 2. The summed E-state index contributed by atoms with van der Waals surface area (Å²) in [7, 11) is 1.58. The number of hydrogen-bond donors (Lipinski definition) is 0. The van der Waals surface area contributed by atoms with E-state index in [2.05, 4.69) is 15.9 Å². The third kappa shape index (κ3) is 5.02. The van der Waals surface area contributed by atoms with Crippen molar-refractivity contribution in [2.75, 3.05) is 12.0 Å². The first-order valence-electron chi connectivity index (χ1n) is 9.54. The molecule has 0 atom stereocenters. The zero-order valence-corrected chi connectivity index (χ0v) is 20.9. The number of methoxy groups -OCH3 is 1. The van der Waals surface area contributed by atoms with E-state index in [9.17, 15) is 4.79 Å². The molecule has 0 spiro atoms. The largest absolute Gasteiger partial charge is 0.493 e. The lowest BCUT2D eigenvalue weighted by molar-refractivity contribution is -0.113. The number of anilines is 1. The molecule has 1 amide bonds. The van der Waals surface area contributed by atoms with Gasteiger partial charge < -0.3 is 9.47 Å². The Kier molecular flexibility index (Phi) is 7.20. The number of thioether (sulfide) groups is 1. The summed E-state index contributed by atoms with van der Waals surface area (Å²) >= 11 is 16.3. The van der Waals surface area contributed by atoms with Gasteiger partial charge in [0.15, 0.2) is 15.8 Å². The van der Waals surface area contributed by atoms with E-state index >= 15 is 0 Å². The second kappa shape index (κ2) is 10.1. The molecule has 1 aliphatic heterocycles. The molecule has 0 unspecified atom stereocenters. The molecule has 0 saturated carbocycles. The maximum absolute atomic E-state index is 13.0. The monoisotopic (exact) mass is 545 g/mol. The fourth-order valence-corrected chi connectivity index (χ4v) is 4.85. The molecule has 4 nitrogen and oxygen atoms in total. The molecule has 1 saturated heterocycles. The average molecular weight is 547 g/mol. The van der Waals surface area contributed by atoms with E-state index in [0.29, 0.717) is 32.4 Å². The minimum Gasteiger partial charge on any atom is -0.493 e. The van der Waals surface area contributed by atoms with Gasteiger partial charge in [-0.2, -0.15) is 0 Å². The molecule has 1 fully saturated rings. The van der Waals surface area contributed by atoms with E-state index in [4.69, 9.17) is 33.3 Å². The Labute approximate surface area is 209 Å². The molecule has 1 aliphatic rings. The van der Waals surface area contributed by atoms with Crippen LogP contribution in [0.1, 0.15) is 11.1 Å². The van der Waals surface area contributed by atoms with Gasteiger partial charge in [0, 0.05) is 15.1 Å². The molecule has 0 aromatic heterocycles. The van der Waals surface area contributed by atoms with Crippen LogP contribution in [0.4, 0.5) is 5.69 Å². The Hall–Kier alpha value is -2.32. The van der Waals surface area contributed by atoms with Crippen molar-refractivity contribution < 1.29 is 14.3 Å². The van der Waals surface area contributed by atoms with Crippen LogP contribution >= 0.6 is 51.5 Å². The predicted molar refractivity (Wildman–Crippen MR) is 139 cm³/mol. The van der Waals surface area contributed by atoms with Crippen LogP contribution in [-0.4, -0.2) is 17.3 Å². The summed E-state index contributed by atoms with van der Waals surface area (Å²) < 4.78 is 12.8. The highest BCUT2D eigenvalue weighted by molar-refractivity contribution is 9.10. The van der Waals surface area contributed by atoms with Crippen molar-refractivity contribution >= 4 is 73.5 Å². The first kappa shape index (κ1) is 22.9. The van der Waals surface area contributed by atoms with Crippen LogP contribution in [0.3, 0.4) is 0 Å². The van der Waals surface area contributed by atoms with Gasteiger partial charge in [0.25, 0.3) is 5.91 Å². The molecular weight excluding hydrogens is 530 g/mol. The van der Waals surface area contributed by atoms with E-state index in [1.807, 2.05) is 66.7 Å². The van der Waals surface area contributed by atoms with E-state index < -0.39 is 0 Å². The van der Waals surface area contributed by atoms with Gasteiger partial charge in [-0.1, -0.05) is 75.8 Å². The van der Waals surface area contributed by atoms with Crippen LogP contribution in [0.5, 0.6) is 11.5 Å². The number of hydrogen-bond acceptors (Lipinski definition) is 5. The van der Waals surface area contributed by atoms with Gasteiger partial charge in [-0.25, -0.2) is 0 Å². The van der Waals surface area contributed by atoms with Gasteiger partial charge in [0.2, 0.25) is 0 Å². The Bertz CT molecular complexity index is 1210. The van der Waals surface area contributed by atoms with Crippen LogP contribution in [0.25, 0.3) is 6.08 Å². The van der Waals surface area contributed by atoms with Crippen molar-refractivity contribution in [3.8, 4) is 11.5 Å². The number of thiocarbonyl (C=S) groups is 1. The summed E-state index contributed by atoms with van der Waals surface area (Å²) in [6, 6.07) is 20.5. The second-order valence-electron chi connectivity index (χ2n) is 6.78. The summed E-state index contributed by atoms with van der Waals surface area (Å²) in [6.45, 7) is 0.321. The molecule has 0 bridgehead atoms. The summed E-state index contributed by atoms with van der Waals surface area (Å²) in [4.78, 5) is 15.1. The number of carbonyl (C=O) groups is 1. The number of rotatable bonds is 6. The molecule has 4 rings (SSSR count). The Morgan fingerprint density at radius 1 is 1.09 bits per heavy atom. The van der Waals surface area contributed by atoms with Gasteiger partial charge in [0.1, 0.15) is 6.61 Å². The van der Waals surface area contributed by atoms with Gasteiger partial charge in [0.05, 0.1) is 17.7 Å². The average Bonchev–Trinajstić information content (AvgIpc) is 3.07. The summed E-state index contributed by atoms with van der Waals surface area (Å²) in [5.74, 6) is 1.00. The first-order valence-corrected chi connectivity index (χ1v) is 11.9. The van der Waals surface area contributed by atoms with Crippen LogP contribution in [0, 0.1) is 0 Å². The standard InChI is InChI=1S/C24H17BrClNO3S2/c1-29-21-12-15(6-11-20(21)30-14-16-4-2-3-5-19(16)26)13-22-23(28)27(24(31)32-22)18-9-7-17(25)8-10-18/h2-13H,14H2,1H3/b22-13-. The number of carbonyl (C=O) groups excluding carboxylic acids is 1. The Morgan fingerprint density at radius 3 is 2.56 bits per heavy atom. The zero-order valence-electron chi connectivity index (χ0n) is 16.9. The highest BCUT2D eigenvalue weighted by Crippen LogP contribution is 2.37. The summed E-state index contributed by atoms with van der Waals surface area (Å²) in [6.07, 6.45) is 1.80. The lowest BCUT2D eigenvalue weighted by atomic mass is 10.1. The minimum atomic E-state index is -0.152. The van der Waals surface area contributed by atoms with Crippen molar-refractivity contribution in [3.05, 3.63) is 92.3 Å². The highest BCUT2D eigenvalue weighted by Gasteiger charge is 2.33. The predicted octanol–water partition coefficient (Wildman–Crippen LogP) is 7.10. The third-order valence-electron chi connectivity index (χ3n) is 4.70. The van der Waals surface area contributed by atoms with Crippen molar-refractivity contribution in [1.82, 2.24) is 0 Å². The van der Waals surface area contributed by atoms with Crippen LogP contribution in [0.15, 0.2) is 76.1 Å². The van der Waals surface area contributed by atoms with E-state index in [1.165, 1.54) is 16.7 Å². The van der Waals surface area contributed by atoms with Gasteiger partial charge >= 0.3 is 0 Å². The van der Waals surface area contributed by atoms with Gasteiger partial charge in [-0.3, -0.25) is 9.69 Å². The summed E-state index contributed by atoms with van der Waals surface area (Å²) in [5.41, 5.74) is 2.43. The number of ether oxygens (including phenoxy) is 2. The molecule has 0 N–H and O–H groups in total. The smallest absolute Gasteiger partial charge is 0.270 e. The van der Waals surface area contributed by atoms with Crippen molar-refractivity contribution in [1.29, 1.82) is 0 Å². The maximum atomic E-state index is 13.0. The minimum absolute atomic E-state index is 0.152. The first-order chi connectivity index (χ1) is 15.5. The number of benzene rings is 3. The topological polar surface area (TPSA) is 38.8 Å². The fourth-order valence-electron chi connectivity index (χ4n) is 3.10. The molecule has 32 heavy (non-hydrogen) atoms. The van der Waals surface area contributed by atoms with Crippen LogP contribution in [-0.2, 0) is 11.4 Å². The molecule has 3 aromatic carbocycles. The number of amides is 1. The van der Waals surface area contributed by atoms with Gasteiger partial charge in [-0.15, -0.1) is 0 Å². The third-order valence-corrected chi connectivity index (χ3v) is 6.90. The van der Waals surface area contributed by atoms with Crippen LogP contribution < -0.4 is 14.4 Å². The van der Waals surface area contributed by atoms with E-state index in [-0.39, 0.29) is 5.91 Å². The molecular formula is C24H17BrClNO3S2. The molecule has 162 valence electrons. The fraction of sp³-hybridized carbons (Fsp3) is 0.0833. The van der Waals surface area contributed by atoms with Gasteiger partial charge in [-0.05, 0) is 54.1 Å². The molecule has 0 radical (unpaired) electrons. The van der Waals surface area contributed by atoms with Crippen molar-refractivity contribution in [2.45, 2.75) is 6.61 Å². The quantitative estimate of drug-likeness (QED) is 0.244. The highest BCUT2D eigenvalue weighted by atomic mass is 79.9. The SMILES string of the molecule is COc1cc(/C=C2\SC(=S)N(c3ccc(Br)cc3)C2=O)ccc1OCc1ccccc1Cl. The zero-order chi connectivity index (χ0) is 22.7. The lowest BCUT2D eigenvalue weighted by Gasteiger charge is -2.14. The molecule has 0 aliphatic carbocycles. The van der Waals surface area contributed by atoms with Crippen molar-refractivity contribution in [3.63, 3.8) is 0 Å². The lowest BCUT2D eigenvalue weighted by Crippen LogP contribution is -2.27. The van der Waals surface area contributed by atoms with E-state index in [1.54, 1.807) is 13.2 Å². The normalized spacial score (nSPS) is 14.8. The molecule has 1 heterocycles. The number of nitrogens with zero attached hydrogens (tertiary/aromatic N) is 1. The van der Waals surface area contributed by atoms with E-state index in [0.717, 1.165) is 21.3 Å². The Balaban J connectivity index is 1.53. The summed E-state index contributed by atoms with van der Waals surface area (Å²) in [5, 5.41) is 0.649. The van der Waals surface area contributed by atoms with Crippen molar-refractivity contribution in [2.24, 2.45) is 0 Å². The molecule has 3 aromatic rings. The maximum Gasteiger partial charge on any atom is 0.270 e.